The molecule has 0 saturated heterocycles. The van der Waals surface area contributed by atoms with Crippen LogP contribution in [0.25, 0.3) is 0 Å². The third-order valence-electron chi connectivity index (χ3n) is 2.68. The van der Waals surface area contributed by atoms with E-state index in [1.807, 2.05) is 0 Å². The molecule has 0 aliphatic rings. The number of pyridine rings is 1. The number of nitro groups is 1. The number of carboxylic acid groups (broad SMARTS) is 1. The van der Waals surface area contributed by atoms with Gasteiger partial charge in [-0.1, -0.05) is 0 Å². The summed E-state index contributed by atoms with van der Waals surface area (Å²) in [5.41, 5.74) is 1.28. The SMILES string of the molecule is Cc1cc(Nc2ccc(C(=O)O)cc2)ncc1[N+](=O)[O-]. The zero-order chi connectivity index (χ0) is 14.7. The molecule has 2 rings (SSSR count). The first kappa shape index (κ1) is 13.5. The van der Waals surface area contributed by atoms with Gasteiger partial charge in [0.05, 0.1) is 10.5 Å². The van der Waals surface area contributed by atoms with Crippen molar-refractivity contribution in [3.63, 3.8) is 0 Å². The molecular weight excluding hydrogens is 262 g/mol. The topological polar surface area (TPSA) is 105 Å². The summed E-state index contributed by atoms with van der Waals surface area (Å²) in [7, 11) is 0. The number of anilines is 2. The highest BCUT2D eigenvalue weighted by Gasteiger charge is 2.11. The molecular formula is C13H11N3O4. The Hall–Kier alpha value is -2.96. The predicted molar refractivity (Wildman–Crippen MR) is 72.3 cm³/mol. The molecule has 2 N–H and O–H groups in total. The van der Waals surface area contributed by atoms with Crippen LogP contribution in [0.4, 0.5) is 17.2 Å². The zero-order valence-corrected chi connectivity index (χ0v) is 10.5. The summed E-state index contributed by atoms with van der Waals surface area (Å²) < 4.78 is 0. The van der Waals surface area contributed by atoms with Crippen molar-refractivity contribution in [2.24, 2.45) is 0 Å². The van der Waals surface area contributed by atoms with Gasteiger partial charge >= 0.3 is 5.97 Å². The maximum atomic E-state index is 10.7. The van der Waals surface area contributed by atoms with Gasteiger partial charge in [-0.25, -0.2) is 9.78 Å². The van der Waals surface area contributed by atoms with E-state index in [0.717, 1.165) is 0 Å². The summed E-state index contributed by atoms with van der Waals surface area (Å²) in [6, 6.07) is 7.68. The highest BCUT2D eigenvalue weighted by molar-refractivity contribution is 5.88. The number of aromatic nitrogens is 1. The molecule has 20 heavy (non-hydrogen) atoms. The van der Waals surface area contributed by atoms with Crippen molar-refractivity contribution < 1.29 is 14.8 Å². The molecule has 0 amide bonds. The van der Waals surface area contributed by atoms with Gasteiger partial charge in [0.2, 0.25) is 0 Å². The number of rotatable bonds is 4. The number of nitrogens with one attached hydrogen (secondary N) is 1. The second-order valence-electron chi connectivity index (χ2n) is 4.12. The number of benzene rings is 1. The highest BCUT2D eigenvalue weighted by Crippen LogP contribution is 2.21. The smallest absolute Gasteiger partial charge is 0.335 e. The molecule has 1 heterocycles. The minimum Gasteiger partial charge on any atom is -0.478 e. The molecule has 2 aromatic rings. The Morgan fingerprint density at radius 2 is 2.00 bits per heavy atom. The standard InChI is InChI=1S/C13H11N3O4/c1-8-6-12(14-7-11(8)16(19)20)15-10-4-2-9(3-5-10)13(17)18/h2-7H,1H3,(H,14,15)(H,17,18). The summed E-state index contributed by atoms with van der Waals surface area (Å²) in [6.45, 7) is 1.62. The van der Waals surface area contributed by atoms with Crippen LogP contribution in [-0.4, -0.2) is 21.0 Å². The van der Waals surface area contributed by atoms with Gasteiger partial charge in [0.15, 0.2) is 0 Å². The van der Waals surface area contributed by atoms with Gasteiger partial charge < -0.3 is 10.4 Å². The second-order valence-corrected chi connectivity index (χ2v) is 4.12. The average Bonchev–Trinajstić information content (AvgIpc) is 2.39. The van der Waals surface area contributed by atoms with Crippen molar-refractivity contribution >= 4 is 23.2 Å². The van der Waals surface area contributed by atoms with Crippen molar-refractivity contribution in [2.45, 2.75) is 6.92 Å². The van der Waals surface area contributed by atoms with Crippen molar-refractivity contribution in [3.8, 4) is 0 Å². The fourth-order valence-corrected chi connectivity index (χ4v) is 1.65. The number of carboxylic acids is 1. The Morgan fingerprint density at radius 3 is 2.50 bits per heavy atom. The summed E-state index contributed by atoms with van der Waals surface area (Å²) in [4.78, 5) is 24.9. The quantitative estimate of drug-likeness (QED) is 0.655. The number of hydrogen-bond donors (Lipinski definition) is 2. The molecule has 0 saturated carbocycles. The third-order valence-corrected chi connectivity index (χ3v) is 2.68. The van der Waals surface area contributed by atoms with Crippen LogP contribution in [0.5, 0.6) is 0 Å². The molecule has 0 aliphatic heterocycles. The second kappa shape index (κ2) is 5.35. The number of hydrogen-bond acceptors (Lipinski definition) is 5. The fourth-order valence-electron chi connectivity index (χ4n) is 1.65. The highest BCUT2D eigenvalue weighted by atomic mass is 16.6. The van der Waals surface area contributed by atoms with E-state index in [2.05, 4.69) is 10.3 Å². The van der Waals surface area contributed by atoms with Crippen LogP contribution in [-0.2, 0) is 0 Å². The van der Waals surface area contributed by atoms with Gasteiger partial charge in [0.25, 0.3) is 5.69 Å². The number of aryl methyl sites for hydroxylation is 1. The molecule has 1 aromatic carbocycles. The predicted octanol–water partition coefficient (Wildman–Crippen LogP) is 2.74. The maximum Gasteiger partial charge on any atom is 0.335 e. The van der Waals surface area contributed by atoms with Gasteiger partial charge in [0, 0.05) is 11.3 Å². The van der Waals surface area contributed by atoms with Crippen LogP contribution < -0.4 is 5.32 Å². The minimum atomic E-state index is -0.999. The van der Waals surface area contributed by atoms with Crippen LogP contribution in [0.15, 0.2) is 36.5 Å². The largest absolute Gasteiger partial charge is 0.478 e. The third kappa shape index (κ3) is 2.89. The molecule has 0 bridgehead atoms. The lowest BCUT2D eigenvalue weighted by molar-refractivity contribution is -0.385. The van der Waals surface area contributed by atoms with Crippen molar-refractivity contribution in [1.82, 2.24) is 4.98 Å². The Labute approximate surface area is 114 Å². The normalized spacial score (nSPS) is 10.1. The summed E-state index contributed by atoms with van der Waals surface area (Å²) >= 11 is 0. The summed E-state index contributed by atoms with van der Waals surface area (Å²) in [6.07, 6.45) is 1.18. The number of aromatic carboxylic acids is 1. The molecule has 0 unspecified atom stereocenters. The van der Waals surface area contributed by atoms with E-state index in [9.17, 15) is 14.9 Å². The van der Waals surface area contributed by atoms with Crippen LogP contribution >= 0.6 is 0 Å². The van der Waals surface area contributed by atoms with Crippen molar-refractivity contribution in [3.05, 3.63) is 57.8 Å². The molecule has 102 valence electrons. The maximum absolute atomic E-state index is 10.7. The molecule has 7 heteroatoms. The molecule has 0 aliphatic carbocycles. The van der Waals surface area contributed by atoms with Crippen LogP contribution in [0, 0.1) is 17.0 Å². The number of carbonyl (C=O) groups is 1. The minimum absolute atomic E-state index is 0.0447. The van der Waals surface area contributed by atoms with E-state index in [0.29, 0.717) is 17.1 Å². The lowest BCUT2D eigenvalue weighted by Gasteiger charge is -2.06. The molecule has 0 spiro atoms. The molecule has 1 aromatic heterocycles. The molecule has 7 nitrogen and oxygen atoms in total. The van der Waals surface area contributed by atoms with E-state index >= 15 is 0 Å². The van der Waals surface area contributed by atoms with E-state index in [1.54, 1.807) is 25.1 Å². The van der Waals surface area contributed by atoms with Crippen LogP contribution in [0.2, 0.25) is 0 Å². The van der Waals surface area contributed by atoms with E-state index in [-0.39, 0.29) is 11.3 Å². The van der Waals surface area contributed by atoms with Crippen molar-refractivity contribution in [2.75, 3.05) is 5.32 Å². The van der Waals surface area contributed by atoms with Crippen LogP contribution in [0.3, 0.4) is 0 Å². The van der Waals surface area contributed by atoms with Gasteiger partial charge in [-0.05, 0) is 37.3 Å². The monoisotopic (exact) mass is 273 g/mol. The number of nitrogens with zero attached hydrogens (tertiary/aromatic N) is 2. The zero-order valence-electron chi connectivity index (χ0n) is 10.5. The average molecular weight is 273 g/mol. The van der Waals surface area contributed by atoms with Gasteiger partial charge in [-0.2, -0.15) is 0 Å². The van der Waals surface area contributed by atoms with Crippen LogP contribution in [0.1, 0.15) is 15.9 Å². The van der Waals surface area contributed by atoms with Gasteiger partial charge in [0.1, 0.15) is 12.0 Å². The lowest BCUT2D eigenvalue weighted by atomic mass is 10.2. The van der Waals surface area contributed by atoms with Gasteiger partial charge in [-0.15, -0.1) is 0 Å². The van der Waals surface area contributed by atoms with E-state index in [4.69, 9.17) is 5.11 Å². The first-order valence-electron chi connectivity index (χ1n) is 5.69. The first-order chi connectivity index (χ1) is 9.47. The Morgan fingerprint density at radius 1 is 1.35 bits per heavy atom. The van der Waals surface area contributed by atoms with Gasteiger partial charge in [-0.3, -0.25) is 10.1 Å². The summed E-state index contributed by atoms with van der Waals surface area (Å²) in [5, 5.41) is 22.4. The van der Waals surface area contributed by atoms with E-state index in [1.165, 1.54) is 18.3 Å². The van der Waals surface area contributed by atoms with E-state index < -0.39 is 10.9 Å². The lowest BCUT2D eigenvalue weighted by Crippen LogP contribution is -1.99. The van der Waals surface area contributed by atoms with Crippen molar-refractivity contribution in [1.29, 1.82) is 0 Å². The molecule has 0 fully saturated rings. The Balaban J connectivity index is 2.19. The first-order valence-corrected chi connectivity index (χ1v) is 5.69. The Bertz CT molecular complexity index is 668. The fraction of sp³-hybridized carbons (Fsp3) is 0.0769. The molecule has 0 atom stereocenters. The molecule has 0 radical (unpaired) electrons. The summed E-state index contributed by atoms with van der Waals surface area (Å²) in [5.74, 6) is -0.544. The Kier molecular flexibility index (Phi) is 3.60.